The maximum absolute atomic E-state index is 11.7. The Bertz CT molecular complexity index is 296. The largest absolute Gasteiger partial charge is 0.500 e. The number of amides is 2. The van der Waals surface area contributed by atoms with Crippen molar-refractivity contribution in [2.24, 2.45) is 5.92 Å². The molecule has 15 heavy (non-hydrogen) atoms. The number of methoxy groups -OCH3 is 1. The lowest BCUT2D eigenvalue weighted by Gasteiger charge is -2.29. The van der Waals surface area contributed by atoms with E-state index >= 15 is 0 Å². The fourth-order valence-electron chi connectivity index (χ4n) is 1.58. The van der Waals surface area contributed by atoms with Crippen LogP contribution in [0.2, 0.25) is 0 Å². The van der Waals surface area contributed by atoms with Gasteiger partial charge in [-0.2, -0.15) is 0 Å². The summed E-state index contributed by atoms with van der Waals surface area (Å²) in [6, 6.07) is 0. The van der Waals surface area contributed by atoms with Crippen LogP contribution in [0.4, 0.5) is 0 Å². The van der Waals surface area contributed by atoms with Gasteiger partial charge < -0.3 is 4.74 Å². The van der Waals surface area contributed by atoms with Crippen molar-refractivity contribution in [3.05, 3.63) is 11.8 Å². The van der Waals surface area contributed by atoms with Crippen molar-refractivity contribution in [3.63, 3.8) is 0 Å². The highest BCUT2D eigenvalue weighted by atomic mass is 16.5. The van der Waals surface area contributed by atoms with Crippen molar-refractivity contribution in [2.75, 3.05) is 13.7 Å². The van der Waals surface area contributed by atoms with Gasteiger partial charge in [0.25, 0.3) is 0 Å². The first kappa shape index (κ1) is 11.8. The van der Waals surface area contributed by atoms with Crippen LogP contribution in [0.1, 0.15) is 26.7 Å². The van der Waals surface area contributed by atoms with Gasteiger partial charge in [0.2, 0.25) is 11.8 Å². The average Bonchev–Trinajstić information content (AvgIpc) is 2.24. The summed E-state index contributed by atoms with van der Waals surface area (Å²) in [5.74, 6) is 0.389. The zero-order valence-corrected chi connectivity index (χ0v) is 9.45. The Labute approximate surface area is 89.9 Å². The molecule has 1 saturated heterocycles. The second-order valence-electron chi connectivity index (χ2n) is 3.72. The molecule has 0 N–H and O–H groups in total. The normalized spacial score (nSPS) is 23.3. The number of carbonyl (C=O) groups excluding carboxylic acids is 2. The third-order valence-corrected chi connectivity index (χ3v) is 2.68. The molecule has 1 fully saturated rings. The molecule has 0 radical (unpaired) electrons. The van der Waals surface area contributed by atoms with Crippen molar-refractivity contribution in [2.45, 2.75) is 26.7 Å². The Morgan fingerprint density at radius 2 is 2.27 bits per heavy atom. The second-order valence-corrected chi connectivity index (χ2v) is 3.72. The van der Waals surface area contributed by atoms with Crippen molar-refractivity contribution < 1.29 is 14.3 Å². The molecule has 2 amide bonds. The van der Waals surface area contributed by atoms with Gasteiger partial charge >= 0.3 is 0 Å². The first-order valence-electron chi connectivity index (χ1n) is 5.13. The minimum absolute atomic E-state index is 0.0577. The molecule has 0 aromatic carbocycles. The third kappa shape index (κ3) is 2.58. The minimum Gasteiger partial charge on any atom is -0.500 e. The maximum Gasteiger partial charge on any atom is 0.232 e. The minimum atomic E-state index is -0.102. The van der Waals surface area contributed by atoms with E-state index in [1.54, 1.807) is 6.08 Å². The molecule has 1 heterocycles. The lowest BCUT2D eigenvalue weighted by molar-refractivity contribution is -0.151. The van der Waals surface area contributed by atoms with Crippen molar-refractivity contribution >= 4 is 11.8 Å². The number of imide groups is 1. The van der Waals surface area contributed by atoms with Gasteiger partial charge in [0.05, 0.1) is 13.7 Å². The molecule has 0 aliphatic carbocycles. The predicted octanol–water partition coefficient (Wildman–Crippen LogP) is 1.32. The van der Waals surface area contributed by atoms with E-state index in [9.17, 15) is 9.59 Å². The summed E-state index contributed by atoms with van der Waals surface area (Å²) in [7, 11) is 1.54. The fourth-order valence-corrected chi connectivity index (χ4v) is 1.58. The number of hydrogen-bond acceptors (Lipinski definition) is 3. The summed E-state index contributed by atoms with van der Waals surface area (Å²) in [4.78, 5) is 24.6. The SMILES string of the molecule is C/C=C(/CN1C(=O)CCC(C)C1=O)OC. The van der Waals surface area contributed by atoms with E-state index in [1.165, 1.54) is 12.0 Å². The molecule has 1 unspecified atom stereocenters. The van der Waals surface area contributed by atoms with Crippen molar-refractivity contribution in [1.29, 1.82) is 0 Å². The van der Waals surface area contributed by atoms with Crippen LogP contribution in [0.5, 0.6) is 0 Å². The topological polar surface area (TPSA) is 46.6 Å². The Kier molecular flexibility index (Phi) is 3.88. The Balaban J connectivity index is 2.73. The number of likely N-dealkylation sites (tertiary alicyclic amines) is 1. The van der Waals surface area contributed by atoms with Crippen LogP contribution in [0.25, 0.3) is 0 Å². The quantitative estimate of drug-likeness (QED) is 0.522. The van der Waals surface area contributed by atoms with Crippen LogP contribution in [-0.4, -0.2) is 30.4 Å². The number of allylic oxidation sites excluding steroid dienone is 1. The zero-order valence-electron chi connectivity index (χ0n) is 9.45. The molecule has 4 heteroatoms. The van der Waals surface area contributed by atoms with E-state index in [0.717, 1.165) is 0 Å². The van der Waals surface area contributed by atoms with Crippen molar-refractivity contribution in [1.82, 2.24) is 4.90 Å². The summed E-state index contributed by atoms with van der Waals surface area (Å²) in [6.07, 6.45) is 2.87. The monoisotopic (exact) mass is 211 g/mol. The zero-order chi connectivity index (χ0) is 11.4. The molecular weight excluding hydrogens is 194 g/mol. The van der Waals surface area contributed by atoms with E-state index in [-0.39, 0.29) is 24.3 Å². The number of hydrogen-bond donors (Lipinski definition) is 0. The van der Waals surface area contributed by atoms with Gasteiger partial charge in [0.15, 0.2) is 0 Å². The number of carbonyl (C=O) groups is 2. The van der Waals surface area contributed by atoms with E-state index in [2.05, 4.69) is 0 Å². The summed E-state index contributed by atoms with van der Waals surface area (Å²) in [5, 5.41) is 0. The standard InChI is InChI=1S/C11H17NO3/c1-4-9(15-3)7-12-10(13)6-5-8(2)11(12)14/h4,8H,5-7H2,1-3H3/b9-4-. The molecule has 0 spiro atoms. The summed E-state index contributed by atoms with van der Waals surface area (Å²) in [6.45, 7) is 3.93. The summed E-state index contributed by atoms with van der Waals surface area (Å²) in [5.41, 5.74) is 0. The maximum atomic E-state index is 11.7. The van der Waals surface area contributed by atoms with Crippen LogP contribution in [-0.2, 0) is 14.3 Å². The molecule has 1 aliphatic heterocycles. The smallest absolute Gasteiger partial charge is 0.232 e. The lowest BCUT2D eigenvalue weighted by atomic mass is 9.98. The van der Waals surface area contributed by atoms with E-state index in [1.807, 2.05) is 13.8 Å². The number of nitrogens with zero attached hydrogens (tertiary/aromatic N) is 1. The van der Waals surface area contributed by atoms with E-state index < -0.39 is 0 Å². The van der Waals surface area contributed by atoms with Gasteiger partial charge in [0.1, 0.15) is 5.76 Å². The summed E-state index contributed by atoms with van der Waals surface area (Å²) >= 11 is 0. The van der Waals surface area contributed by atoms with Crippen LogP contribution < -0.4 is 0 Å². The van der Waals surface area contributed by atoms with E-state index in [0.29, 0.717) is 18.6 Å². The molecule has 1 atom stereocenters. The molecule has 0 aromatic rings. The third-order valence-electron chi connectivity index (χ3n) is 2.68. The van der Waals surface area contributed by atoms with Crippen LogP contribution >= 0.6 is 0 Å². The molecule has 1 rings (SSSR count). The Morgan fingerprint density at radius 1 is 1.60 bits per heavy atom. The van der Waals surface area contributed by atoms with Crippen LogP contribution in [0.15, 0.2) is 11.8 Å². The average molecular weight is 211 g/mol. The van der Waals surface area contributed by atoms with Gasteiger partial charge in [0, 0.05) is 12.3 Å². The lowest BCUT2D eigenvalue weighted by Crippen LogP contribution is -2.45. The van der Waals surface area contributed by atoms with Crippen LogP contribution in [0, 0.1) is 5.92 Å². The Morgan fingerprint density at radius 3 is 2.80 bits per heavy atom. The molecule has 0 bridgehead atoms. The van der Waals surface area contributed by atoms with Gasteiger partial charge in [-0.15, -0.1) is 0 Å². The van der Waals surface area contributed by atoms with Gasteiger partial charge in [-0.1, -0.05) is 6.92 Å². The fraction of sp³-hybridized carbons (Fsp3) is 0.636. The molecule has 1 aliphatic rings. The molecular formula is C11H17NO3. The van der Waals surface area contributed by atoms with Crippen LogP contribution in [0.3, 0.4) is 0 Å². The summed E-state index contributed by atoms with van der Waals surface area (Å²) < 4.78 is 5.05. The number of piperidine rings is 1. The first-order chi connectivity index (χ1) is 7.10. The van der Waals surface area contributed by atoms with Gasteiger partial charge in [-0.3, -0.25) is 14.5 Å². The molecule has 0 saturated carbocycles. The second kappa shape index (κ2) is 4.96. The van der Waals surface area contributed by atoms with E-state index in [4.69, 9.17) is 4.74 Å². The number of rotatable bonds is 3. The first-order valence-corrected chi connectivity index (χ1v) is 5.13. The molecule has 84 valence electrons. The highest BCUT2D eigenvalue weighted by Gasteiger charge is 2.31. The highest BCUT2D eigenvalue weighted by molar-refractivity contribution is 5.98. The van der Waals surface area contributed by atoms with Gasteiger partial charge in [-0.25, -0.2) is 0 Å². The van der Waals surface area contributed by atoms with Gasteiger partial charge in [-0.05, 0) is 19.4 Å². The highest BCUT2D eigenvalue weighted by Crippen LogP contribution is 2.19. The van der Waals surface area contributed by atoms with Crippen molar-refractivity contribution in [3.8, 4) is 0 Å². The Hall–Kier alpha value is -1.32. The number of ether oxygens (including phenoxy) is 1. The predicted molar refractivity (Wildman–Crippen MR) is 55.9 cm³/mol. The molecule has 4 nitrogen and oxygen atoms in total. The molecule has 0 aromatic heterocycles.